The van der Waals surface area contributed by atoms with Gasteiger partial charge in [0.1, 0.15) is 11.6 Å². The molecule has 0 spiro atoms. The van der Waals surface area contributed by atoms with Gasteiger partial charge in [-0.3, -0.25) is 10.1 Å². The number of carbonyl (C=O) groups is 1. The smallest absolute Gasteiger partial charge is 0.261 e. The molecule has 0 saturated heterocycles. The molecule has 23 heavy (non-hydrogen) atoms. The minimum Gasteiger partial charge on any atom is -0.493 e. The second kappa shape index (κ2) is 8.03. The van der Waals surface area contributed by atoms with Crippen molar-refractivity contribution in [3.63, 3.8) is 0 Å². The minimum absolute atomic E-state index is 0.00234. The van der Waals surface area contributed by atoms with Crippen LogP contribution in [0, 0.1) is 5.82 Å². The van der Waals surface area contributed by atoms with Crippen LogP contribution in [-0.4, -0.2) is 17.6 Å². The number of nitrogens with one attached hydrogen (secondary N) is 2. The highest BCUT2D eigenvalue weighted by molar-refractivity contribution is 9.10. The number of hydrogen-bond donors (Lipinski definition) is 2. The average Bonchev–Trinajstić information content (AvgIpc) is 2.51. The van der Waals surface area contributed by atoms with E-state index >= 15 is 0 Å². The lowest BCUT2D eigenvalue weighted by molar-refractivity contribution is 0.0974. The van der Waals surface area contributed by atoms with E-state index < -0.39 is 11.7 Å². The molecule has 0 bridgehead atoms. The van der Waals surface area contributed by atoms with Crippen LogP contribution in [0.1, 0.15) is 17.3 Å². The topological polar surface area (TPSA) is 50.4 Å². The van der Waals surface area contributed by atoms with E-state index in [2.05, 4.69) is 26.6 Å². The van der Waals surface area contributed by atoms with Crippen molar-refractivity contribution in [1.82, 2.24) is 5.32 Å². The van der Waals surface area contributed by atoms with E-state index in [1.165, 1.54) is 12.1 Å². The molecular weight excluding hydrogens is 383 g/mol. The van der Waals surface area contributed by atoms with Gasteiger partial charge in [0.25, 0.3) is 5.91 Å². The Hall–Kier alpha value is -1.99. The predicted octanol–water partition coefficient (Wildman–Crippen LogP) is 4.11. The zero-order valence-corrected chi connectivity index (χ0v) is 14.6. The molecule has 2 aromatic carbocycles. The van der Waals surface area contributed by atoms with Crippen LogP contribution >= 0.6 is 28.1 Å². The van der Waals surface area contributed by atoms with Crippen molar-refractivity contribution >= 4 is 44.9 Å². The highest BCUT2D eigenvalue weighted by Crippen LogP contribution is 2.23. The summed E-state index contributed by atoms with van der Waals surface area (Å²) in [5.41, 5.74) is 0.524. The van der Waals surface area contributed by atoms with Gasteiger partial charge < -0.3 is 10.1 Å². The minimum atomic E-state index is -0.457. The number of halogens is 2. The van der Waals surface area contributed by atoms with Gasteiger partial charge in [-0.1, -0.05) is 28.1 Å². The second-order valence-electron chi connectivity index (χ2n) is 4.46. The standard InChI is InChI=1S/C16H14BrFN2O2S/c1-2-22-14-8-7-10(17)9-11(14)15(21)20-16(23)19-13-6-4-3-5-12(13)18/h3-9H,2H2,1H3,(H2,19,20,21,23). The molecule has 0 radical (unpaired) electrons. The lowest BCUT2D eigenvalue weighted by Gasteiger charge is -2.13. The lowest BCUT2D eigenvalue weighted by Crippen LogP contribution is -2.34. The van der Waals surface area contributed by atoms with Gasteiger partial charge in [0.05, 0.1) is 17.9 Å². The molecule has 0 heterocycles. The van der Waals surface area contributed by atoms with Crippen molar-refractivity contribution in [3.05, 3.63) is 58.3 Å². The van der Waals surface area contributed by atoms with E-state index in [9.17, 15) is 9.18 Å². The van der Waals surface area contributed by atoms with Gasteiger partial charge in [0.15, 0.2) is 5.11 Å². The first-order valence-corrected chi connectivity index (χ1v) is 8.00. The molecule has 7 heteroatoms. The fourth-order valence-electron chi connectivity index (χ4n) is 1.85. The molecule has 0 fully saturated rings. The summed E-state index contributed by atoms with van der Waals surface area (Å²) in [4.78, 5) is 12.3. The normalized spacial score (nSPS) is 10.0. The first kappa shape index (κ1) is 17.4. The zero-order valence-electron chi connectivity index (χ0n) is 12.2. The monoisotopic (exact) mass is 396 g/mol. The van der Waals surface area contributed by atoms with Crippen LogP contribution in [0.15, 0.2) is 46.9 Å². The molecular formula is C16H14BrFN2O2S. The maximum Gasteiger partial charge on any atom is 0.261 e. The fraction of sp³-hybridized carbons (Fsp3) is 0.125. The van der Waals surface area contributed by atoms with Gasteiger partial charge in [0.2, 0.25) is 0 Å². The third-order valence-electron chi connectivity index (χ3n) is 2.84. The summed E-state index contributed by atoms with van der Waals surface area (Å²) >= 11 is 8.36. The third-order valence-corrected chi connectivity index (χ3v) is 3.53. The molecule has 2 N–H and O–H groups in total. The Morgan fingerprint density at radius 3 is 2.74 bits per heavy atom. The van der Waals surface area contributed by atoms with Crippen LogP contribution in [0.2, 0.25) is 0 Å². The van der Waals surface area contributed by atoms with Gasteiger partial charge >= 0.3 is 0 Å². The predicted molar refractivity (Wildman–Crippen MR) is 95.4 cm³/mol. The highest BCUT2D eigenvalue weighted by atomic mass is 79.9. The van der Waals surface area contributed by atoms with Crippen LogP contribution in [0.25, 0.3) is 0 Å². The third kappa shape index (κ3) is 4.74. The van der Waals surface area contributed by atoms with E-state index in [0.717, 1.165) is 4.47 Å². The number of benzene rings is 2. The molecule has 0 aliphatic rings. The van der Waals surface area contributed by atoms with Crippen molar-refractivity contribution in [2.45, 2.75) is 6.92 Å². The molecule has 0 aromatic heterocycles. The van der Waals surface area contributed by atoms with Crippen molar-refractivity contribution in [2.24, 2.45) is 0 Å². The average molecular weight is 397 g/mol. The first-order chi connectivity index (χ1) is 11.0. The first-order valence-electron chi connectivity index (χ1n) is 6.80. The second-order valence-corrected chi connectivity index (χ2v) is 5.79. The molecule has 2 aromatic rings. The number of hydrogen-bond acceptors (Lipinski definition) is 3. The van der Waals surface area contributed by atoms with Gasteiger partial charge in [0, 0.05) is 4.47 Å². The maximum atomic E-state index is 13.6. The molecule has 0 saturated carbocycles. The van der Waals surface area contributed by atoms with E-state index in [0.29, 0.717) is 17.9 Å². The number of amides is 1. The summed E-state index contributed by atoms with van der Waals surface area (Å²) in [6.45, 7) is 2.26. The van der Waals surface area contributed by atoms with Crippen LogP contribution < -0.4 is 15.4 Å². The molecule has 0 unspecified atom stereocenters. The number of para-hydroxylation sites is 1. The van der Waals surface area contributed by atoms with Crippen molar-refractivity contribution in [2.75, 3.05) is 11.9 Å². The van der Waals surface area contributed by atoms with Crippen molar-refractivity contribution in [3.8, 4) is 5.75 Å². The number of ether oxygens (including phenoxy) is 1. The van der Waals surface area contributed by atoms with Crippen LogP contribution in [0.5, 0.6) is 5.75 Å². The van der Waals surface area contributed by atoms with E-state index in [-0.39, 0.29) is 10.8 Å². The van der Waals surface area contributed by atoms with Gasteiger partial charge in [-0.25, -0.2) is 4.39 Å². The Balaban J connectivity index is 2.11. The quantitative estimate of drug-likeness (QED) is 0.763. The van der Waals surface area contributed by atoms with Crippen molar-refractivity contribution in [1.29, 1.82) is 0 Å². The molecule has 4 nitrogen and oxygen atoms in total. The molecule has 0 aliphatic carbocycles. The summed E-state index contributed by atoms with van der Waals surface area (Å²) in [7, 11) is 0. The lowest BCUT2D eigenvalue weighted by atomic mass is 10.2. The summed E-state index contributed by atoms with van der Waals surface area (Å²) in [5, 5.41) is 5.16. The van der Waals surface area contributed by atoms with Gasteiger partial charge in [-0.05, 0) is 49.5 Å². The Bertz CT molecular complexity index is 740. The van der Waals surface area contributed by atoms with E-state index in [1.807, 2.05) is 6.92 Å². The van der Waals surface area contributed by atoms with Gasteiger partial charge in [-0.2, -0.15) is 0 Å². The maximum absolute atomic E-state index is 13.6. The number of thiocarbonyl (C=S) groups is 1. The summed E-state index contributed by atoms with van der Waals surface area (Å²) < 4.78 is 19.7. The SMILES string of the molecule is CCOc1ccc(Br)cc1C(=O)NC(=S)Nc1ccccc1F. The fourth-order valence-corrected chi connectivity index (χ4v) is 2.41. The number of carbonyl (C=O) groups excluding carboxylic acids is 1. The zero-order chi connectivity index (χ0) is 16.8. The summed E-state index contributed by atoms with van der Waals surface area (Å²) in [6, 6.07) is 11.2. The summed E-state index contributed by atoms with van der Waals surface area (Å²) in [6.07, 6.45) is 0. The molecule has 1 amide bonds. The van der Waals surface area contributed by atoms with Crippen LogP contribution in [0.3, 0.4) is 0 Å². The molecule has 0 atom stereocenters. The van der Waals surface area contributed by atoms with Gasteiger partial charge in [-0.15, -0.1) is 0 Å². The van der Waals surface area contributed by atoms with E-state index in [4.69, 9.17) is 17.0 Å². The number of anilines is 1. The molecule has 120 valence electrons. The Labute approximate surface area is 147 Å². The summed E-state index contributed by atoms with van der Waals surface area (Å²) in [5.74, 6) is -0.452. The Morgan fingerprint density at radius 1 is 1.30 bits per heavy atom. The number of rotatable bonds is 4. The molecule has 0 aliphatic heterocycles. The Kier molecular flexibility index (Phi) is 6.06. The van der Waals surface area contributed by atoms with Crippen molar-refractivity contribution < 1.29 is 13.9 Å². The van der Waals surface area contributed by atoms with E-state index in [1.54, 1.807) is 30.3 Å². The highest BCUT2D eigenvalue weighted by Gasteiger charge is 2.15. The van der Waals surface area contributed by atoms with Crippen LogP contribution in [0.4, 0.5) is 10.1 Å². The largest absolute Gasteiger partial charge is 0.493 e. The van der Waals surface area contributed by atoms with Crippen LogP contribution in [-0.2, 0) is 0 Å². The molecule has 2 rings (SSSR count). The Morgan fingerprint density at radius 2 is 2.04 bits per heavy atom.